The van der Waals surface area contributed by atoms with Gasteiger partial charge in [0.25, 0.3) is 5.91 Å². The lowest BCUT2D eigenvalue weighted by Gasteiger charge is -2.38. The molecule has 2 amide bonds. The van der Waals surface area contributed by atoms with Crippen molar-refractivity contribution in [2.24, 2.45) is 0 Å². The summed E-state index contributed by atoms with van der Waals surface area (Å²) in [6.45, 7) is 3.12. The Hall–Kier alpha value is -3.60. The predicted molar refractivity (Wildman–Crippen MR) is 134 cm³/mol. The third kappa shape index (κ3) is 4.18. The first-order valence-corrected chi connectivity index (χ1v) is 12.4. The molecule has 5 rings (SSSR count). The summed E-state index contributed by atoms with van der Waals surface area (Å²) in [6.07, 6.45) is -0.724. The monoisotopic (exact) mass is 530 g/mol. The first-order chi connectivity index (χ1) is 17.9. The van der Waals surface area contributed by atoms with Crippen molar-refractivity contribution >= 4 is 23.0 Å². The Balaban J connectivity index is 1.60. The molecular formula is C27H29F3N4O4. The average molecular weight is 531 g/mol. The number of hydrogen-bond acceptors (Lipinski definition) is 4. The maximum Gasteiger partial charge on any atom is 0.426 e. The Bertz CT molecular complexity index is 1420. The quantitative estimate of drug-likeness (QED) is 0.483. The fourth-order valence-corrected chi connectivity index (χ4v) is 5.57. The highest BCUT2D eigenvalue weighted by atomic mass is 19.4. The summed E-state index contributed by atoms with van der Waals surface area (Å²) in [6, 6.07) is 5.45. The van der Waals surface area contributed by atoms with E-state index in [4.69, 9.17) is 0 Å². The van der Waals surface area contributed by atoms with Crippen molar-refractivity contribution in [1.82, 2.24) is 19.8 Å². The van der Waals surface area contributed by atoms with Crippen LogP contribution in [0.3, 0.4) is 0 Å². The molecular weight excluding hydrogens is 501 g/mol. The van der Waals surface area contributed by atoms with E-state index in [1.54, 1.807) is 6.20 Å². The molecule has 1 fully saturated rings. The second-order valence-electron chi connectivity index (χ2n) is 10.1. The molecule has 0 saturated carbocycles. The summed E-state index contributed by atoms with van der Waals surface area (Å²) in [5.41, 5.74) is 2.83. The number of halogens is 3. The van der Waals surface area contributed by atoms with Crippen molar-refractivity contribution in [3.05, 3.63) is 52.8 Å². The molecule has 0 spiro atoms. The van der Waals surface area contributed by atoms with E-state index in [9.17, 15) is 27.9 Å². The first-order valence-electron chi connectivity index (χ1n) is 12.4. The number of pyridine rings is 1. The number of hydrogen-bond donors (Lipinski definition) is 2. The van der Waals surface area contributed by atoms with Gasteiger partial charge in [0, 0.05) is 50.1 Å². The number of rotatable bonds is 4. The molecule has 2 aliphatic heterocycles. The fourth-order valence-electron chi connectivity index (χ4n) is 5.57. The number of nitrogens with zero attached hydrogens (tertiary/aromatic N) is 3. The number of alkyl halides is 3. The molecule has 8 nitrogen and oxygen atoms in total. The third-order valence-corrected chi connectivity index (χ3v) is 7.95. The van der Waals surface area contributed by atoms with E-state index in [-0.39, 0.29) is 13.1 Å². The van der Waals surface area contributed by atoms with Crippen LogP contribution in [0.25, 0.3) is 22.2 Å². The van der Waals surface area contributed by atoms with Crippen LogP contribution in [0.2, 0.25) is 0 Å². The molecule has 2 aromatic heterocycles. The zero-order valence-electron chi connectivity index (χ0n) is 21.4. The largest absolute Gasteiger partial charge is 0.465 e. The summed E-state index contributed by atoms with van der Waals surface area (Å²) in [4.78, 5) is 35.3. The number of aromatic amines is 1. The Kier molecular flexibility index (Phi) is 6.37. The van der Waals surface area contributed by atoms with Crippen LogP contribution >= 0.6 is 0 Å². The van der Waals surface area contributed by atoms with Gasteiger partial charge in [0.1, 0.15) is 5.65 Å². The number of H-pyrrole nitrogens is 1. The van der Waals surface area contributed by atoms with Crippen molar-refractivity contribution in [2.45, 2.75) is 57.5 Å². The lowest BCUT2D eigenvalue weighted by molar-refractivity contribution is -0.258. The van der Waals surface area contributed by atoms with E-state index < -0.39 is 29.8 Å². The Morgan fingerprint density at radius 2 is 1.95 bits per heavy atom. The molecule has 11 heteroatoms. The fraction of sp³-hybridized carbons (Fsp3) is 0.444. The van der Waals surface area contributed by atoms with E-state index >= 15 is 0 Å². The number of carbonyl (C=O) groups excluding carboxylic acids is 1. The summed E-state index contributed by atoms with van der Waals surface area (Å²) >= 11 is 0. The third-order valence-electron chi connectivity index (χ3n) is 7.95. The summed E-state index contributed by atoms with van der Waals surface area (Å²) < 4.78 is 46.0. The summed E-state index contributed by atoms with van der Waals surface area (Å²) in [5, 5.41) is 10.8. The minimum absolute atomic E-state index is 0.0586. The highest BCUT2D eigenvalue weighted by Crippen LogP contribution is 2.41. The van der Waals surface area contributed by atoms with Gasteiger partial charge in [0.05, 0.1) is 6.04 Å². The minimum Gasteiger partial charge on any atom is -0.465 e. The number of aryl methyl sites for hydroxylation is 1. The second-order valence-corrected chi connectivity index (χ2v) is 10.1. The van der Waals surface area contributed by atoms with Gasteiger partial charge in [0.2, 0.25) is 5.60 Å². The number of carboxylic acid groups (broad SMARTS) is 1. The van der Waals surface area contributed by atoms with Gasteiger partial charge in [-0.15, -0.1) is 0 Å². The Morgan fingerprint density at radius 3 is 2.63 bits per heavy atom. The maximum atomic E-state index is 13.8. The van der Waals surface area contributed by atoms with Crippen molar-refractivity contribution < 1.29 is 32.6 Å². The number of nitrogens with one attached hydrogen (secondary N) is 1. The van der Waals surface area contributed by atoms with E-state index in [0.717, 1.165) is 47.3 Å². The smallest absolute Gasteiger partial charge is 0.426 e. The molecule has 202 valence electrons. The molecule has 0 aliphatic carbocycles. The lowest BCUT2D eigenvalue weighted by atomic mass is 9.86. The predicted octanol–water partition coefficient (Wildman–Crippen LogP) is 5.21. The van der Waals surface area contributed by atoms with Crippen LogP contribution in [0.5, 0.6) is 0 Å². The van der Waals surface area contributed by atoms with Gasteiger partial charge in [0.15, 0.2) is 0 Å². The molecule has 38 heavy (non-hydrogen) atoms. The standard InChI is InChI=1S/C27H29F3N4O4/c1-15-12-31-23-19(15)11-18(13-32-23)17-9-16-6-8-33(24(35)26(2,38-3)27(28,29)30)14-21(16)20(10-17)22-5-4-7-34(22)25(36)37/h9-13,22H,4-8,14H2,1-3H3,(H,31,32)(H,36,37)/t22-,26?/m0/s1. The molecule has 4 heterocycles. The van der Waals surface area contributed by atoms with Gasteiger partial charge >= 0.3 is 12.3 Å². The van der Waals surface area contributed by atoms with Gasteiger partial charge in [-0.1, -0.05) is 6.07 Å². The van der Waals surface area contributed by atoms with Gasteiger partial charge in [-0.05, 0) is 73.1 Å². The van der Waals surface area contributed by atoms with Crippen LogP contribution < -0.4 is 0 Å². The van der Waals surface area contributed by atoms with E-state index in [1.807, 2.05) is 31.3 Å². The first kappa shape index (κ1) is 26.0. The molecule has 1 unspecified atom stereocenters. The van der Waals surface area contributed by atoms with Gasteiger partial charge < -0.3 is 24.6 Å². The highest BCUT2D eigenvalue weighted by Gasteiger charge is 2.59. The Morgan fingerprint density at radius 1 is 1.18 bits per heavy atom. The molecule has 1 aromatic carbocycles. The number of carbonyl (C=O) groups is 2. The average Bonchev–Trinajstić information content (AvgIpc) is 3.53. The molecule has 3 aromatic rings. The number of likely N-dealkylation sites (tertiary alicyclic amines) is 1. The molecule has 1 saturated heterocycles. The van der Waals surface area contributed by atoms with Gasteiger partial charge in [-0.3, -0.25) is 4.79 Å². The molecule has 2 N–H and O–H groups in total. The van der Waals surface area contributed by atoms with Crippen molar-refractivity contribution in [3.63, 3.8) is 0 Å². The van der Waals surface area contributed by atoms with Crippen LogP contribution in [0.15, 0.2) is 30.6 Å². The van der Waals surface area contributed by atoms with Crippen molar-refractivity contribution in [3.8, 4) is 11.1 Å². The minimum atomic E-state index is -4.89. The summed E-state index contributed by atoms with van der Waals surface area (Å²) in [7, 11) is 0.876. The highest BCUT2D eigenvalue weighted by molar-refractivity contribution is 5.87. The topological polar surface area (TPSA) is 98.8 Å². The number of methoxy groups -OCH3 is 1. The van der Waals surface area contributed by atoms with Crippen LogP contribution in [0, 0.1) is 6.92 Å². The van der Waals surface area contributed by atoms with Crippen molar-refractivity contribution in [2.75, 3.05) is 20.2 Å². The van der Waals surface area contributed by atoms with Gasteiger partial charge in [-0.2, -0.15) is 13.2 Å². The summed E-state index contributed by atoms with van der Waals surface area (Å²) in [5.74, 6) is -1.16. The number of fused-ring (bicyclic) bond motifs is 2. The zero-order chi connectivity index (χ0) is 27.4. The number of benzene rings is 1. The van der Waals surface area contributed by atoms with E-state index in [2.05, 4.69) is 14.7 Å². The lowest BCUT2D eigenvalue weighted by Crippen LogP contribution is -2.58. The molecule has 0 radical (unpaired) electrons. The van der Waals surface area contributed by atoms with Crippen LogP contribution in [0.1, 0.15) is 48.1 Å². The normalized spacial score (nSPS) is 19.5. The van der Waals surface area contributed by atoms with Crippen molar-refractivity contribution in [1.29, 1.82) is 0 Å². The van der Waals surface area contributed by atoms with E-state index in [0.29, 0.717) is 36.9 Å². The second kappa shape index (κ2) is 9.30. The number of amides is 2. The Labute approximate surface area is 217 Å². The molecule has 2 aliphatic rings. The maximum absolute atomic E-state index is 13.8. The molecule has 0 bridgehead atoms. The molecule has 2 atom stereocenters. The number of ether oxygens (including phenoxy) is 1. The van der Waals surface area contributed by atoms with Crippen LogP contribution in [-0.4, -0.2) is 68.9 Å². The van der Waals surface area contributed by atoms with Gasteiger partial charge in [-0.25, -0.2) is 9.78 Å². The zero-order valence-corrected chi connectivity index (χ0v) is 21.4. The van der Waals surface area contributed by atoms with Crippen LogP contribution in [-0.2, 0) is 22.5 Å². The van der Waals surface area contributed by atoms with Crippen LogP contribution in [0.4, 0.5) is 18.0 Å². The van der Waals surface area contributed by atoms with E-state index in [1.165, 1.54) is 9.80 Å². The number of aromatic nitrogens is 2. The SMILES string of the molecule is COC(C)(C(=O)N1CCc2cc(-c3cnc4[nH]cc(C)c4c3)cc([C@@H]3CCCN3C(=O)O)c2C1)C(F)(F)F.